The van der Waals surface area contributed by atoms with E-state index in [1.807, 2.05) is 29.7 Å². The van der Waals surface area contributed by atoms with Gasteiger partial charge in [-0.05, 0) is 31.1 Å². The summed E-state index contributed by atoms with van der Waals surface area (Å²) in [7, 11) is 0. The van der Waals surface area contributed by atoms with Gasteiger partial charge in [0.25, 0.3) is 0 Å². The number of hydrogen-bond acceptors (Lipinski definition) is 3. The minimum absolute atomic E-state index is 0.0343. The number of carbonyl (C=O) groups is 1. The number of aromatic amines is 1. The summed E-state index contributed by atoms with van der Waals surface area (Å²) < 4.78 is 2.41. The molecule has 2 rings (SSSR count). The molecule has 118 valence electrons. The molecule has 1 heterocycles. The Kier molecular flexibility index (Phi) is 5.49. The molecule has 6 heteroatoms. The van der Waals surface area contributed by atoms with Crippen molar-refractivity contribution in [3.8, 4) is 11.4 Å². The molecule has 0 unspecified atom stereocenters. The zero-order valence-electron chi connectivity index (χ0n) is 13.2. The third-order valence-corrected chi connectivity index (χ3v) is 3.62. The molecular weight excluding hydrogens is 296 g/mol. The van der Waals surface area contributed by atoms with Gasteiger partial charge in [0.15, 0.2) is 10.6 Å². The fourth-order valence-electron chi connectivity index (χ4n) is 2.15. The standard InChI is InChI=1S/C16H22N4OS/c1-11(2)10-17-14(21)7-8-20-15(18-19-16(20)22)13-6-4-5-12(3)9-13/h4-6,9,11H,7-8,10H2,1-3H3,(H,17,21)(H,19,22). The molecule has 1 amide bonds. The molecule has 0 bridgehead atoms. The van der Waals surface area contributed by atoms with Crippen LogP contribution in [0.5, 0.6) is 0 Å². The van der Waals surface area contributed by atoms with E-state index in [4.69, 9.17) is 12.2 Å². The molecule has 0 saturated carbocycles. The predicted molar refractivity (Wildman–Crippen MR) is 90.0 cm³/mol. The number of carbonyl (C=O) groups excluding carboxylic acids is 1. The molecule has 0 atom stereocenters. The lowest BCUT2D eigenvalue weighted by Crippen LogP contribution is -2.28. The van der Waals surface area contributed by atoms with Crippen LogP contribution in [-0.4, -0.2) is 27.2 Å². The lowest BCUT2D eigenvalue weighted by molar-refractivity contribution is -0.121. The molecule has 0 aliphatic carbocycles. The van der Waals surface area contributed by atoms with Gasteiger partial charge in [0, 0.05) is 25.1 Å². The SMILES string of the molecule is Cc1cccc(-c2n[nH]c(=S)n2CCC(=O)NCC(C)C)c1. The Morgan fingerprint density at radius 1 is 1.45 bits per heavy atom. The normalized spacial score (nSPS) is 10.9. The Morgan fingerprint density at radius 3 is 2.91 bits per heavy atom. The van der Waals surface area contributed by atoms with Crippen LogP contribution < -0.4 is 5.32 Å². The Bertz CT molecular complexity index is 702. The summed E-state index contributed by atoms with van der Waals surface area (Å²) in [5, 5.41) is 10.0. The van der Waals surface area contributed by atoms with Crippen LogP contribution in [-0.2, 0) is 11.3 Å². The van der Waals surface area contributed by atoms with Gasteiger partial charge in [-0.15, -0.1) is 0 Å². The van der Waals surface area contributed by atoms with Gasteiger partial charge in [0.05, 0.1) is 0 Å². The lowest BCUT2D eigenvalue weighted by Gasteiger charge is -2.09. The van der Waals surface area contributed by atoms with E-state index in [9.17, 15) is 4.79 Å². The molecule has 1 aromatic heterocycles. The Labute approximate surface area is 135 Å². The van der Waals surface area contributed by atoms with E-state index in [0.29, 0.717) is 30.2 Å². The van der Waals surface area contributed by atoms with Crippen molar-refractivity contribution in [2.45, 2.75) is 33.7 Å². The number of amides is 1. The number of nitrogens with zero attached hydrogens (tertiary/aromatic N) is 2. The largest absolute Gasteiger partial charge is 0.356 e. The first kappa shape index (κ1) is 16.4. The van der Waals surface area contributed by atoms with Crippen molar-refractivity contribution in [1.82, 2.24) is 20.1 Å². The predicted octanol–water partition coefficient (Wildman–Crippen LogP) is 3.08. The van der Waals surface area contributed by atoms with Gasteiger partial charge < -0.3 is 5.32 Å². The molecule has 0 radical (unpaired) electrons. The number of rotatable bonds is 6. The number of benzene rings is 1. The molecule has 0 fully saturated rings. The van der Waals surface area contributed by atoms with Gasteiger partial charge in [0.1, 0.15) is 0 Å². The third-order valence-electron chi connectivity index (χ3n) is 3.30. The van der Waals surface area contributed by atoms with E-state index in [1.165, 1.54) is 0 Å². The lowest BCUT2D eigenvalue weighted by atomic mass is 10.1. The smallest absolute Gasteiger partial charge is 0.221 e. The van der Waals surface area contributed by atoms with E-state index >= 15 is 0 Å². The maximum atomic E-state index is 11.9. The van der Waals surface area contributed by atoms with E-state index in [2.05, 4.69) is 35.4 Å². The average Bonchev–Trinajstić information content (AvgIpc) is 2.84. The summed E-state index contributed by atoms with van der Waals surface area (Å²) in [5.41, 5.74) is 2.16. The summed E-state index contributed by atoms with van der Waals surface area (Å²) in [6, 6.07) is 8.07. The van der Waals surface area contributed by atoms with Gasteiger partial charge in [-0.25, -0.2) is 0 Å². The van der Waals surface area contributed by atoms with Gasteiger partial charge in [-0.3, -0.25) is 14.5 Å². The van der Waals surface area contributed by atoms with Crippen molar-refractivity contribution in [2.75, 3.05) is 6.54 Å². The van der Waals surface area contributed by atoms with E-state index in [0.717, 1.165) is 17.0 Å². The molecule has 5 nitrogen and oxygen atoms in total. The monoisotopic (exact) mass is 318 g/mol. The van der Waals surface area contributed by atoms with Crippen LogP contribution >= 0.6 is 12.2 Å². The molecule has 0 saturated heterocycles. The van der Waals surface area contributed by atoms with Crippen LogP contribution in [0.4, 0.5) is 0 Å². The summed E-state index contributed by atoms with van der Waals surface area (Å²) in [5.74, 6) is 1.25. The maximum Gasteiger partial charge on any atom is 0.221 e. The molecule has 2 N–H and O–H groups in total. The topological polar surface area (TPSA) is 62.7 Å². The first-order valence-electron chi connectivity index (χ1n) is 7.46. The number of aryl methyl sites for hydroxylation is 1. The van der Waals surface area contributed by atoms with Gasteiger partial charge in [-0.1, -0.05) is 37.6 Å². The molecule has 1 aromatic carbocycles. The second-order valence-electron chi connectivity index (χ2n) is 5.82. The summed E-state index contributed by atoms with van der Waals surface area (Å²) >= 11 is 5.28. The maximum absolute atomic E-state index is 11.9. The highest BCUT2D eigenvalue weighted by Gasteiger charge is 2.11. The molecule has 0 spiro atoms. The van der Waals surface area contributed by atoms with Gasteiger partial charge >= 0.3 is 0 Å². The van der Waals surface area contributed by atoms with Crippen molar-refractivity contribution < 1.29 is 4.79 Å². The Hall–Kier alpha value is -1.95. The first-order valence-corrected chi connectivity index (χ1v) is 7.87. The number of H-pyrrole nitrogens is 1. The van der Waals surface area contributed by atoms with E-state index < -0.39 is 0 Å². The minimum atomic E-state index is 0.0343. The fraction of sp³-hybridized carbons (Fsp3) is 0.438. The van der Waals surface area contributed by atoms with Crippen LogP contribution in [0.15, 0.2) is 24.3 Å². The van der Waals surface area contributed by atoms with Crippen LogP contribution in [0.1, 0.15) is 25.8 Å². The summed E-state index contributed by atoms with van der Waals surface area (Å²) in [4.78, 5) is 11.9. The Morgan fingerprint density at radius 2 is 2.23 bits per heavy atom. The third kappa shape index (κ3) is 4.27. The van der Waals surface area contributed by atoms with Crippen molar-refractivity contribution >= 4 is 18.1 Å². The van der Waals surface area contributed by atoms with E-state index in [-0.39, 0.29) is 5.91 Å². The second-order valence-corrected chi connectivity index (χ2v) is 6.21. The number of nitrogens with one attached hydrogen (secondary N) is 2. The van der Waals surface area contributed by atoms with Crippen LogP contribution in [0.3, 0.4) is 0 Å². The van der Waals surface area contributed by atoms with Crippen molar-refractivity contribution in [1.29, 1.82) is 0 Å². The number of aromatic nitrogens is 3. The molecule has 2 aromatic rings. The van der Waals surface area contributed by atoms with Crippen molar-refractivity contribution in [3.63, 3.8) is 0 Å². The van der Waals surface area contributed by atoms with Crippen LogP contribution in [0.25, 0.3) is 11.4 Å². The molecular formula is C16H22N4OS. The van der Waals surface area contributed by atoms with Gasteiger partial charge in [0.2, 0.25) is 5.91 Å². The average molecular weight is 318 g/mol. The fourth-order valence-corrected chi connectivity index (χ4v) is 2.37. The van der Waals surface area contributed by atoms with E-state index in [1.54, 1.807) is 0 Å². The highest BCUT2D eigenvalue weighted by Crippen LogP contribution is 2.18. The molecule has 0 aliphatic heterocycles. The summed E-state index contributed by atoms with van der Waals surface area (Å²) in [6.45, 7) is 7.39. The molecule has 22 heavy (non-hydrogen) atoms. The highest BCUT2D eigenvalue weighted by atomic mass is 32.1. The molecule has 0 aliphatic rings. The summed E-state index contributed by atoms with van der Waals surface area (Å²) in [6.07, 6.45) is 0.388. The van der Waals surface area contributed by atoms with Crippen LogP contribution in [0, 0.1) is 17.6 Å². The zero-order valence-corrected chi connectivity index (χ0v) is 14.0. The quantitative estimate of drug-likeness (QED) is 0.805. The zero-order chi connectivity index (χ0) is 16.1. The second kappa shape index (κ2) is 7.35. The highest BCUT2D eigenvalue weighted by molar-refractivity contribution is 7.71. The number of hydrogen-bond donors (Lipinski definition) is 2. The minimum Gasteiger partial charge on any atom is -0.356 e. The first-order chi connectivity index (χ1) is 10.5. The van der Waals surface area contributed by atoms with Crippen molar-refractivity contribution in [3.05, 3.63) is 34.6 Å². The Balaban J connectivity index is 2.10. The van der Waals surface area contributed by atoms with Crippen LogP contribution in [0.2, 0.25) is 0 Å². The van der Waals surface area contributed by atoms with Crippen molar-refractivity contribution in [2.24, 2.45) is 5.92 Å². The van der Waals surface area contributed by atoms with Gasteiger partial charge in [-0.2, -0.15) is 5.10 Å².